The van der Waals surface area contributed by atoms with Crippen molar-refractivity contribution < 1.29 is 33.3 Å². The van der Waals surface area contributed by atoms with Gasteiger partial charge in [-0.05, 0) is 186 Å². The average Bonchev–Trinajstić information content (AvgIpc) is 0.806. The molecule has 588 valence electrons. The number of hydrogen-bond donors (Lipinski definition) is 2. The minimum atomic E-state index is -1.67. The average molecular weight is 1650 g/mol. The Labute approximate surface area is 688 Å². The zero-order valence-electron chi connectivity index (χ0n) is 63.8. The highest BCUT2D eigenvalue weighted by molar-refractivity contribution is 9.10. The molecular formula is C94H106BrCl3N6O7S. The van der Waals surface area contributed by atoms with E-state index in [0.29, 0.717) is 61.5 Å². The molecule has 13 rings (SSSR count). The summed E-state index contributed by atoms with van der Waals surface area (Å²) in [5.74, 6) is 0.205. The molecule has 12 aromatic rings. The number of carbonyl (C=O) groups excluding carboxylic acids is 5. The maximum absolute atomic E-state index is 12.7. The van der Waals surface area contributed by atoms with Crippen LogP contribution in [-0.2, 0) is 9.23 Å². The zero-order valence-corrected chi connectivity index (χ0v) is 68.4. The van der Waals surface area contributed by atoms with E-state index in [4.69, 9.17) is 15.8 Å². The second-order valence-electron chi connectivity index (χ2n) is 25.8. The van der Waals surface area contributed by atoms with Crippen molar-refractivity contribution in [2.24, 2.45) is 0 Å². The Hall–Kier alpha value is -9.39. The molecule has 18 heteroatoms. The maximum atomic E-state index is 12.7. The summed E-state index contributed by atoms with van der Waals surface area (Å²) in [7, 11) is 7.36. The summed E-state index contributed by atoms with van der Waals surface area (Å²) in [6, 6.07) is 88.2. The molecule has 1 aliphatic rings. The first kappa shape index (κ1) is 91.5. The van der Waals surface area contributed by atoms with E-state index in [-0.39, 0.29) is 49.9 Å². The van der Waals surface area contributed by atoms with Crippen LogP contribution in [0.4, 0.5) is 0 Å². The molecule has 3 atom stereocenters. The molecule has 1 fully saturated rings. The third kappa shape index (κ3) is 24.8. The third-order valence-electron chi connectivity index (χ3n) is 19.5. The summed E-state index contributed by atoms with van der Waals surface area (Å²) in [5.41, 5.74) is 9.65. The van der Waals surface area contributed by atoms with Gasteiger partial charge in [0, 0.05) is 132 Å². The van der Waals surface area contributed by atoms with E-state index >= 15 is 0 Å². The van der Waals surface area contributed by atoms with E-state index in [2.05, 4.69) is 157 Å². The maximum Gasteiger partial charge on any atom is 0.253 e. The van der Waals surface area contributed by atoms with Crippen LogP contribution in [0.2, 0.25) is 0 Å². The van der Waals surface area contributed by atoms with Gasteiger partial charge in [0.15, 0.2) is 0 Å². The van der Waals surface area contributed by atoms with E-state index in [1.165, 1.54) is 38.1 Å². The fraction of sp³-hybridized carbons (Fsp3) is 0.266. The first-order valence-electron chi connectivity index (χ1n) is 37.5. The normalized spacial score (nSPS) is 12.3. The Morgan fingerprint density at radius 2 is 0.696 bits per heavy atom. The molecule has 2 N–H and O–H groups in total. The van der Waals surface area contributed by atoms with Gasteiger partial charge in [-0.1, -0.05) is 243 Å². The number of alkyl halides is 1. The second kappa shape index (κ2) is 47.2. The molecule has 0 aromatic heterocycles. The summed E-state index contributed by atoms with van der Waals surface area (Å²) in [4.78, 5) is 69.6. The number of rotatable bonds is 20. The van der Waals surface area contributed by atoms with Crippen molar-refractivity contribution in [2.45, 2.75) is 87.8 Å². The molecule has 1 saturated heterocycles. The molecule has 0 spiro atoms. The number of hydrogen-bond acceptors (Lipinski definition) is 9. The molecule has 0 saturated carbocycles. The van der Waals surface area contributed by atoms with E-state index in [1.54, 1.807) is 46.2 Å². The first-order valence-corrected chi connectivity index (χ1v) is 41.5. The minimum Gasteiger partial charge on any atom is -0.384 e. The van der Waals surface area contributed by atoms with Crippen molar-refractivity contribution in [2.75, 3.05) is 78.5 Å². The molecule has 4 amide bonds. The van der Waals surface area contributed by atoms with Crippen LogP contribution >= 0.6 is 48.9 Å². The fourth-order valence-corrected chi connectivity index (χ4v) is 14.3. The van der Waals surface area contributed by atoms with Crippen LogP contribution in [0.5, 0.6) is 0 Å². The van der Waals surface area contributed by atoms with Crippen molar-refractivity contribution in [3.63, 3.8) is 0 Å². The Bertz CT molecular complexity index is 4780. The minimum absolute atomic E-state index is 0. The van der Waals surface area contributed by atoms with Crippen LogP contribution in [-0.4, -0.2) is 142 Å². The molecule has 3 unspecified atom stereocenters. The van der Waals surface area contributed by atoms with Gasteiger partial charge in [0.05, 0.1) is 11.4 Å². The molecule has 0 aliphatic carbocycles. The van der Waals surface area contributed by atoms with Gasteiger partial charge in [0.2, 0.25) is 9.23 Å². The first-order chi connectivity index (χ1) is 53.4. The number of nitrogens with zero attached hydrogens (tertiary/aromatic N) is 5. The lowest BCUT2D eigenvalue weighted by Gasteiger charge is -2.36. The van der Waals surface area contributed by atoms with Crippen molar-refractivity contribution in [3.05, 3.63) is 333 Å². The molecule has 0 radical (unpaired) electrons. The van der Waals surface area contributed by atoms with Crippen LogP contribution in [0.15, 0.2) is 271 Å². The SMILES string of the molecule is Brc1cccc2ccccc12.C.C.CCN(CC)C(=O)c1ccc(C(Cl)c2cccc3ccccc23)cc1.CCN(CC)C(=O)c1ccc(C(O)c2cccc3ccccc23)cc1.CCN(CC)C(=O)c1ccc(C(c2cccc3ccccc23)N2CCNCC2)cc1.CCN(CC)C(=O)c1ccc(C=O)cc1.O=S(Cl)Cl. The third-order valence-corrected chi connectivity index (χ3v) is 20.7. The summed E-state index contributed by atoms with van der Waals surface area (Å²) < 4.78 is 10.2. The molecule has 0 bridgehead atoms. The van der Waals surface area contributed by atoms with Gasteiger partial charge in [-0.15, -0.1) is 11.6 Å². The van der Waals surface area contributed by atoms with Crippen molar-refractivity contribution in [1.82, 2.24) is 29.8 Å². The van der Waals surface area contributed by atoms with Gasteiger partial charge in [0.1, 0.15) is 12.4 Å². The van der Waals surface area contributed by atoms with Crippen molar-refractivity contribution in [3.8, 4) is 0 Å². The zero-order chi connectivity index (χ0) is 79.1. The van der Waals surface area contributed by atoms with E-state index in [0.717, 1.165) is 94.0 Å². The molecule has 13 nitrogen and oxygen atoms in total. The van der Waals surface area contributed by atoms with Gasteiger partial charge in [0.25, 0.3) is 23.6 Å². The predicted molar refractivity (Wildman–Crippen MR) is 475 cm³/mol. The lowest BCUT2D eigenvalue weighted by molar-refractivity contribution is 0.0765. The standard InChI is InChI=1S/C26H31N3O.C22H22ClNO.C22H23NO2.C12H15NO2.C10H7Br.2CH4.Cl2OS/c1-3-28(4-2)26(30)22-14-12-21(13-15-22)25(29-18-16-27-17-19-29)24-11-7-9-20-8-5-6-10-23(20)24;1-3-24(4-2)22(25)18-14-12-17(13-15-18)21(23)20-11-7-9-16-8-5-6-10-19(16)20;1-3-23(4-2)22(25)18-14-12-17(13-15-18)21(24)20-11-7-9-16-8-5-6-10-19(16)20;1-3-13(4-2)12(15)11-7-5-10(9-14)6-8-11;11-10-7-3-5-8-4-1-2-6-9(8)10;;;1-4(2)3/h5-15,25,27H,3-4,16-19H2,1-2H3;5-15,21H,3-4H2,1-2H3;5-15,21,24H,3-4H2,1-2H3;5-9H,3-4H2,1-2H3;1-7H;2*1H4;. The predicted octanol–water partition coefficient (Wildman–Crippen LogP) is 22.3. The van der Waals surface area contributed by atoms with Crippen molar-refractivity contribution in [1.29, 1.82) is 0 Å². The number of halogens is 4. The van der Waals surface area contributed by atoms with Crippen molar-refractivity contribution >= 4 is 131 Å². The molecule has 1 heterocycles. The van der Waals surface area contributed by atoms with Crippen LogP contribution in [0.25, 0.3) is 43.1 Å². The highest BCUT2D eigenvalue weighted by atomic mass is 79.9. The Morgan fingerprint density at radius 3 is 1.06 bits per heavy atom. The lowest BCUT2D eigenvalue weighted by atomic mass is 9.91. The number of fused-ring (bicyclic) bond motifs is 4. The smallest absolute Gasteiger partial charge is 0.253 e. The number of piperazine rings is 1. The number of benzene rings is 12. The summed E-state index contributed by atoms with van der Waals surface area (Å²) in [5, 5.41) is 23.7. The van der Waals surface area contributed by atoms with E-state index < -0.39 is 15.3 Å². The highest BCUT2D eigenvalue weighted by Crippen LogP contribution is 2.37. The monoisotopic (exact) mass is 1650 g/mol. The number of aldehydes is 1. The van der Waals surface area contributed by atoms with Crippen LogP contribution in [0, 0.1) is 0 Å². The number of carbonyl (C=O) groups is 5. The Balaban J connectivity index is 0.000000221. The van der Waals surface area contributed by atoms with Crippen LogP contribution in [0.3, 0.4) is 0 Å². The number of amides is 4. The molecule has 112 heavy (non-hydrogen) atoms. The van der Waals surface area contributed by atoms with Gasteiger partial charge < -0.3 is 30.0 Å². The van der Waals surface area contributed by atoms with Crippen LogP contribution < -0.4 is 5.32 Å². The van der Waals surface area contributed by atoms with E-state index in [1.807, 2.05) is 187 Å². The highest BCUT2D eigenvalue weighted by Gasteiger charge is 2.27. The number of aliphatic hydroxyl groups is 1. The van der Waals surface area contributed by atoms with Gasteiger partial charge >= 0.3 is 0 Å². The van der Waals surface area contributed by atoms with Gasteiger partial charge in [-0.3, -0.25) is 28.9 Å². The summed E-state index contributed by atoms with van der Waals surface area (Å²) in [6.07, 6.45) is 0.0507. The number of nitrogens with one attached hydrogen (secondary N) is 1. The van der Waals surface area contributed by atoms with Gasteiger partial charge in [-0.2, -0.15) is 0 Å². The molecule has 1 aliphatic heterocycles. The Morgan fingerprint density at radius 1 is 0.411 bits per heavy atom. The van der Waals surface area contributed by atoms with Crippen LogP contribution in [0.1, 0.15) is 173 Å². The van der Waals surface area contributed by atoms with E-state index in [9.17, 15) is 29.1 Å². The topological polar surface area (TPSA) is 151 Å². The molecular weight excluding hydrogens is 1540 g/mol. The Kier molecular flexibility index (Phi) is 38.6. The quantitative estimate of drug-likeness (QED) is 0.0432. The summed E-state index contributed by atoms with van der Waals surface area (Å²) in [6.45, 7) is 25.6. The van der Waals surface area contributed by atoms with Gasteiger partial charge in [-0.25, -0.2) is 4.21 Å². The molecule has 12 aromatic carbocycles. The summed E-state index contributed by atoms with van der Waals surface area (Å²) >= 11 is 10.3. The lowest BCUT2D eigenvalue weighted by Crippen LogP contribution is -2.45. The second-order valence-corrected chi connectivity index (χ2v) is 29.6. The number of aliphatic hydroxyl groups excluding tert-OH is 1. The largest absolute Gasteiger partial charge is 0.384 e. The fourth-order valence-electron chi connectivity index (χ4n) is 13.4.